The number of carbonyl (C=O) groups excluding carboxylic acids is 3. The van der Waals surface area contributed by atoms with Crippen LogP contribution in [0, 0.1) is 0 Å². The van der Waals surface area contributed by atoms with Crippen molar-refractivity contribution < 1.29 is 57.0 Å². The highest BCUT2D eigenvalue weighted by Gasteiger charge is 2.23. The molecule has 13 nitrogen and oxygen atoms in total. The Labute approximate surface area is 270 Å². The average Bonchev–Trinajstić information content (AvgIpc) is 3.03. The molecule has 0 unspecified atom stereocenters. The zero-order chi connectivity index (χ0) is 34.3. The summed E-state index contributed by atoms with van der Waals surface area (Å²) in [5, 5.41) is 0. The third-order valence-electron chi connectivity index (χ3n) is 6.27. The second-order valence-corrected chi connectivity index (χ2v) is 10.7. The molecule has 0 aliphatic rings. The van der Waals surface area contributed by atoms with Crippen molar-refractivity contribution in [2.24, 2.45) is 0 Å². The van der Waals surface area contributed by atoms with Gasteiger partial charge in [-0.15, -0.1) is 0 Å². The zero-order valence-corrected chi connectivity index (χ0v) is 28.1. The molecule has 0 saturated carbocycles. The highest BCUT2D eigenvalue weighted by Crippen LogP contribution is 2.39. The summed E-state index contributed by atoms with van der Waals surface area (Å²) in [7, 11) is 8.88. The van der Waals surface area contributed by atoms with Gasteiger partial charge in [-0.05, 0) is 69.5 Å². The summed E-state index contributed by atoms with van der Waals surface area (Å²) < 4.78 is 48.1. The Morgan fingerprint density at radius 3 is 1.57 bits per heavy atom. The molecule has 0 aliphatic heterocycles. The maximum atomic E-state index is 12.9. The van der Waals surface area contributed by atoms with Crippen molar-refractivity contribution >= 4 is 24.1 Å². The molecule has 0 aromatic heterocycles. The molecule has 0 atom stereocenters. The summed E-state index contributed by atoms with van der Waals surface area (Å²) in [6, 6.07) is 6.40. The molecule has 0 fully saturated rings. The summed E-state index contributed by atoms with van der Waals surface area (Å²) in [5.74, 6) is 1.20. The lowest BCUT2D eigenvalue weighted by atomic mass is 10.1. The molecule has 0 heterocycles. The first-order valence-corrected chi connectivity index (χ1v) is 14.5. The maximum absolute atomic E-state index is 12.9. The summed E-state index contributed by atoms with van der Waals surface area (Å²) in [4.78, 5) is 39.4. The minimum absolute atomic E-state index is 0.0372. The van der Waals surface area contributed by atoms with E-state index in [1.807, 2.05) is 0 Å². The molecule has 0 bridgehead atoms. The number of amides is 1. The van der Waals surface area contributed by atoms with Gasteiger partial charge in [0, 0.05) is 19.2 Å². The van der Waals surface area contributed by atoms with E-state index < -0.39 is 23.6 Å². The van der Waals surface area contributed by atoms with Gasteiger partial charge in [0.1, 0.15) is 5.60 Å². The van der Waals surface area contributed by atoms with Crippen LogP contribution in [0.5, 0.6) is 34.5 Å². The normalized spacial score (nSPS) is 11.0. The molecule has 2 aromatic carbocycles. The van der Waals surface area contributed by atoms with Crippen molar-refractivity contribution in [2.45, 2.75) is 39.2 Å². The third-order valence-corrected chi connectivity index (χ3v) is 6.27. The van der Waals surface area contributed by atoms with E-state index in [9.17, 15) is 14.4 Å². The fourth-order valence-corrected chi connectivity index (χ4v) is 4.16. The van der Waals surface area contributed by atoms with Crippen LogP contribution in [0.4, 0.5) is 4.79 Å². The van der Waals surface area contributed by atoms with Gasteiger partial charge in [0.2, 0.25) is 11.5 Å². The molecule has 0 saturated heterocycles. The van der Waals surface area contributed by atoms with Gasteiger partial charge in [-0.3, -0.25) is 0 Å². The molecule has 13 heteroatoms. The minimum Gasteiger partial charge on any atom is -0.493 e. The van der Waals surface area contributed by atoms with E-state index in [2.05, 4.69) is 0 Å². The largest absolute Gasteiger partial charge is 0.493 e. The second kappa shape index (κ2) is 18.2. The van der Waals surface area contributed by atoms with Gasteiger partial charge in [-0.1, -0.05) is 0 Å². The maximum Gasteiger partial charge on any atom is 0.410 e. The van der Waals surface area contributed by atoms with Gasteiger partial charge < -0.3 is 47.5 Å². The van der Waals surface area contributed by atoms with Crippen molar-refractivity contribution in [2.75, 3.05) is 69.0 Å². The van der Waals surface area contributed by atoms with Crippen LogP contribution >= 0.6 is 0 Å². The molecular weight excluding hydrogens is 602 g/mol. The number of methoxy groups -OCH3 is 6. The van der Waals surface area contributed by atoms with Crippen LogP contribution in [0.25, 0.3) is 6.08 Å². The monoisotopic (exact) mass is 647 g/mol. The standard InChI is InChI=1S/C33H45NO12/c1-33(2,3)46-32(37)34(15-11-17-45-31(36)23-20-26(40-6)30(43-9)27(21-23)41-7)14-10-16-44-28(35)13-12-22-18-24(38-4)29(42-8)25(19-22)39-5/h12-13,18-21H,10-11,14-17H2,1-9H3/b13-12+. The van der Waals surface area contributed by atoms with E-state index in [-0.39, 0.29) is 31.9 Å². The Hall–Kier alpha value is -4.81. The van der Waals surface area contributed by atoms with Crippen LogP contribution in [-0.4, -0.2) is 97.5 Å². The van der Waals surface area contributed by atoms with Crippen molar-refractivity contribution in [3.63, 3.8) is 0 Å². The van der Waals surface area contributed by atoms with E-state index in [0.29, 0.717) is 52.9 Å². The molecule has 0 aliphatic carbocycles. The lowest BCUT2D eigenvalue weighted by molar-refractivity contribution is -0.137. The van der Waals surface area contributed by atoms with Crippen molar-refractivity contribution in [3.8, 4) is 34.5 Å². The smallest absolute Gasteiger partial charge is 0.410 e. The quantitative estimate of drug-likeness (QED) is 0.0969. The predicted molar refractivity (Wildman–Crippen MR) is 170 cm³/mol. The second-order valence-electron chi connectivity index (χ2n) is 10.7. The molecule has 1 amide bonds. The first-order chi connectivity index (χ1) is 21.9. The molecule has 2 rings (SSSR count). The van der Waals surface area contributed by atoms with Crippen LogP contribution in [0.3, 0.4) is 0 Å². The lowest BCUT2D eigenvalue weighted by Crippen LogP contribution is -2.38. The summed E-state index contributed by atoms with van der Waals surface area (Å²) in [6.45, 7) is 5.90. The van der Waals surface area contributed by atoms with Crippen molar-refractivity contribution in [1.82, 2.24) is 4.90 Å². The van der Waals surface area contributed by atoms with Gasteiger partial charge in [0.05, 0.1) is 61.4 Å². The van der Waals surface area contributed by atoms with Gasteiger partial charge >= 0.3 is 18.0 Å². The van der Waals surface area contributed by atoms with E-state index in [1.165, 1.54) is 65.8 Å². The molecular formula is C33H45NO12. The number of nitrogens with zero attached hydrogens (tertiary/aromatic N) is 1. The topological polar surface area (TPSA) is 138 Å². The summed E-state index contributed by atoms with van der Waals surface area (Å²) in [6.07, 6.45) is 3.02. The molecule has 2 aromatic rings. The highest BCUT2D eigenvalue weighted by molar-refractivity contribution is 5.91. The minimum atomic E-state index is -0.710. The van der Waals surface area contributed by atoms with E-state index in [1.54, 1.807) is 39.0 Å². The average molecular weight is 648 g/mol. The van der Waals surface area contributed by atoms with E-state index in [0.717, 1.165) is 0 Å². The molecule has 254 valence electrons. The fourth-order valence-electron chi connectivity index (χ4n) is 4.16. The Bertz CT molecular complexity index is 1300. The van der Waals surface area contributed by atoms with E-state index in [4.69, 9.17) is 42.6 Å². The van der Waals surface area contributed by atoms with Crippen LogP contribution < -0.4 is 28.4 Å². The van der Waals surface area contributed by atoms with Crippen molar-refractivity contribution in [1.29, 1.82) is 0 Å². The Balaban J connectivity index is 1.94. The molecule has 0 spiro atoms. The highest BCUT2D eigenvalue weighted by atomic mass is 16.6. The predicted octanol–water partition coefficient (Wildman–Crippen LogP) is 5.17. The third kappa shape index (κ3) is 11.3. The molecule has 46 heavy (non-hydrogen) atoms. The fraction of sp³-hybridized carbons (Fsp3) is 0.485. The van der Waals surface area contributed by atoms with Gasteiger partial charge in [-0.2, -0.15) is 0 Å². The lowest BCUT2D eigenvalue weighted by Gasteiger charge is -2.27. The van der Waals surface area contributed by atoms with Gasteiger partial charge in [0.25, 0.3) is 0 Å². The molecule has 0 N–H and O–H groups in total. The van der Waals surface area contributed by atoms with Crippen LogP contribution in [0.2, 0.25) is 0 Å². The number of esters is 2. The zero-order valence-electron chi connectivity index (χ0n) is 28.1. The Morgan fingerprint density at radius 2 is 1.13 bits per heavy atom. The summed E-state index contributed by atoms with van der Waals surface area (Å²) in [5.41, 5.74) is 0.159. The number of rotatable bonds is 17. The summed E-state index contributed by atoms with van der Waals surface area (Å²) >= 11 is 0. The molecule has 0 radical (unpaired) electrons. The number of hydrogen-bond acceptors (Lipinski definition) is 12. The number of ether oxygens (including phenoxy) is 9. The van der Waals surface area contributed by atoms with E-state index >= 15 is 0 Å². The first kappa shape index (κ1) is 37.4. The van der Waals surface area contributed by atoms with Crippen molar-refractivity contribution in [3.05, 3.63) is 41.5 Å². The van der Waals surface area contributed by atoms with Gasteiger partial charge in [-0.25, -0.2) is 14.4 Å². The first-order valence-electron chi connectivity index (χ1n) is 14.5. The SMILES string of the molecule is COc1cc(/C=C/C(=O)OCCCN(CCCOC(=O)c2cc(OC)c(OC)c(OC)c2)C(=O)OC(C)(C)C)cc(OC)c1OC. The van der Waals surface area contributed by atoms with Crippen LogP contribution in [-0.2, 0) is 19.0 Å². The number of carbonyl (C=O) groups is 3. The Morgan fingerprint density at radius 1 is 0.674 bits per heavy atom. The Kier molecular flexibility index (Phi) is 14.8. The number of benzene rings is 2. The number of hydrogen-bond donors (Lipinski definition) is 0. The van der Waals surface area contributed by atoms with Crippen LogP contribution in [0.15, 0.2) is 30.3 Å². The van der Waals surface area contributed by atoms with Gasteiger partial charge in [0.15, 0.2) is 23.0 Å². The van der Waals surface area contributed by atoms with Crippen LogP contribution in [0.1, 0.15) is 49.5 Å².